The van der Waals surface area contributed by atoms with Crippen LogP contribution in [0.4, 0.5) is 0 Å². The van der Waals surface area contributed by atoms with Crippen LogP contribution in [0.2, 0.25) is 0 Å². The number of nitrogens with zero attached hydrogens (tertiary/aromatic N) is 3. The molecule has 4 aromatic heterocycles. The topological polar surface area (TPSA) is 78.1 Å². The van der Waals surface area contributed by atoms with E-state index >= 15 is 0 Å². The first-order chi connectivity index (χ1) is 29.8. The molecular formula is C45H25N3O3. The molecule has 0 amide bonds. The molecule has 4 heterocycles. The smallest absolute Gasteiger partial charge is 0.167 e. The number of benzene rings is 7. The van der Waals surface area contributed by atoms with Crippen LogP contribution in [0.3, 0.4) is 0 Å². The van der Waals surface area contributed by atoms with Gasteiger partial charge in [-0.3, -0.25) is 0 Å². The summed E-state index contributed by atoms with van der Waals surface area (Å²) < 4.78 is 116. The molecule has 0 spiro atoms. The van der Waals surface area contributed by atoms with Crippen molar-refractivity contribution in [3.05, 3.63) is 151 Å². The van der Waals surface area contributed by atoms with Crippen molar-refractivity contribution >= 4 is 65.8 Å². The zero-order valence-electron chi connectivity index (χ0n) is 37.1. The van der Waals surface area contributed by atoms with Gasteiger partial charge in [0, 0.05) is 43.4 Å². The van der Waals surface area contributed by atoms with Crippen LogP contribution in [0.5, 0.6) is 0 Å². The van der Waals surface area contributed by atoms with E-state index in [0.717, 1.165) is 16.2 Å². The standard InChI is InChI=1S/C45H25N3O3/c1-4-20-35-29(13-1)30-17-8-19-34(42(30)51-35)45-47-43(46-44(48-45)33-18-10-24-39-41(33)32-15-3-6-22-37(32)50-39)27-12-7-11-26(25-27)28-16-9-23-38-40(28)31-14-2-5-21-36(31)49-38/h1-25H/i2D,5D,7D,9D,11D,12D,14D,16D,21D,23D,25D. The molecule has 0 aliphatic heterocycles. The molecule has 0 aliphatic rings. The number of fused-ring (bicyclic) bond motifs is 9. The summed E-state index contributed by atoms with van der Waals surface area (Å²) in [5, 5.41) is 2.65. The number of furan rings is 3. The summed E-state index contributed by atoms with van der Waals surface area (Å²) in [6.07, 6.45) is 0. The number of hydrogen-bond donors (Lipinski definition) is 0. The van der Waals surface area contributed by atoms with Crippen LogP contribution in [0, 0.1) is 0 Å². The number of hydrogen-bond acceptors (Lipinski definition) is 6. The van der Waals surface area contributed by atoms with E-state index in [-0.39, 0.29) is 50.5 Å². The molecule has 0 unspecified atom stereocenters. The molecule has 6 nitrogen and oxygen atoms in total. The van der Waals surface area contributed by atoms with Gasteiger partial charge < -0.3 is 13.3 Å². The fraction of sp³-hybridized carbons (Fsp3) is 0. The van der Waals surface area contributed by atoms with Gasteiger partial charge in [0.2, 0.25) is 0 Å². The minimum atomic E-state index is -0.680. The van der Waals surface area contributed by atoms with Crippen molar-refractivity contribution < 1.29 is 28.3 Å². The Morgan fingerprint density at radius 1 is 0.392 bits per heavy atom. The zero-order valence-corrected chi connectivity index (χ0v) is 26.1. The molecule has 51 heavy (non-hydrogen) atoms. The average molecular weight is 667 g/mol. The molecule has 0 radical (unpaired) electrons. The molecule has 0 bridgehead atoms. The summed E-state index contributed by atoms with van der Waals surface area (Å²) in [4.78, 5) is 14.7. The lowest BCUT2D eigenvalue weighted by Crippen LogP contribution is -2.00. The third-order valence-corrected chi connectivity index (χ3v) is 8.97. The Morgan fingerprint density at radius 2 is 1.02 bits per heavy atom. The summed E-state index contributed by atoms with van der Waals surface area (Å²) in [6.45, 7) is 0. The van der Waals surface area contributed by atoms with Crippen molar-refractivity contribution in [2.45, 2.75) is 0 Å². The molecule has 11 aromatic rings. The predicted molar refractivity (Wildman–Crippen MR) is 203 cm³/mol. The second kappa shape index (κ2) is 10.7. The minimum absolute atomic E-state index is 0.0914. The van der Waals surface area contributed by atoms with Gasteiger partial charge >= 0.3 is 0 Å². The van der Waals surface area contributed by atoms with Crippen molar-refractivity contribution in [2.24, 2.45) is 0 Å². The van der Waals surface area contributed by atoms with E-state index in [9.17, 15) is 4.11 Å². The Bertz CT molecular complexity index is 3800. The normalized spacial score (nSPS) is 14.9. The molecule has 0 fully saturated rings. The molecule has 6 heteroatoms. The van der Waals surface area contributed by atoms with Crippen LogP contribution >= 0.6 is 0 Å². The third kappa shape index (κ3) is 4.26. The molecular weight excluding hydrogens is 631 g/mol. The zero-order chi connectivity index (χ0) is 43.0. The van der Waals surface area contributed by atoms with Crippen LogP contribution in [0.1, 0.15) is 15.1 Å². The van der Waals surface area contributed by atoms with E-state index in [2.05, 4.69) is 0 Å². The highest BCUT2D eigenvalue weighted by molar-refractivity contribution is 6.14. The predicted octanol–water partition coefficient (Wildman–Crippen LogP) is 12.2. The molecule has 7 aromatic carbocycles. The van der Waals surface area contributed by atoms with Gasteiger partial charge in [0.15, 0.2) is 17.5 Å². The lowest BCUT2D eigenvalue weighted by molar-refractivity contribution is 0.668. The Labute approximate surface area is 305 Å². The Balaban J connectivity index is 1.26. The van der Waals surface area contributed by atoms with Gasteiger partial charge in [-0.05, 0) is 53.5 Å². The number of aromatic nitrogens is 3. The van der Waals surface area contributed by atoms with Gasteiger partial charge in [-0.15, -0.1) is 0 Å². The molecule has 0 N–H and O–H groups in total. The average Bonchev–Trinajstić information content (AvgIpc) is 3.99. The molecule has 0 saturated carbocycles. The fourth-order valence-corrected chi connectivity index (χ4v) is 6.74. The van der Waals surface area contributed by atoms with Gasteiger partial charge in [0.05, 0.1) is 20.6 Å². The van der Waals surface area contributed by atoms with E-state index in [1.807, 2.05) is 66.7 Å². The monoisotopic (exact) mass is 666 g/mol. The van der Waals surface area contributed by atoms with Gasteiger partial charge in [-0.25, -0.2) is 15.0 Å². The summed E-state index contributed by atoms with van der Waals surface area (Å²) >= 11 is 0. The Hall–Kier alpha value is -7.05. The van der Waals surface area contributed by atoms with Gasteiger partial charge in [0.1, 0.15) is 33.5 Å². The quantitative estimate of drug-likeness (QED) is 0.186. The van der Waals surface area contributed by atoms with Crippen molar-refractivity contribution in [2.75, 3.05) is 0 Å². The second-order valence-corrected chi connectivity index (χ2v) is 11.9. The Morgan fingerprint density at radius 3 is 1.94 bits per heavy atom. The maximum atomic E-state index is 9.77. The first-order valence-corrected chi connectivity index (χ1v) is 16.0. The van der Waals surface area contributed by atoms with Gasteiger partial charge in [-0.1, -0.05) is 109 Å². The molecule has 11 rings (SSSR count). The van der Waals surface area contributed by atoms with Crippen molar-refractivity contribution in [1.82, 2.24) is 15.0 Å². The number of para-hydroxylation sites is 4. The van der Waals surface area contributed by atoms with Gasteiger partial charge in [-0.2, -0.15) is 0 Å². The molecule has 0 saturated heterocycles. The second-order valence-electron chi connectivity index (χ2n) is 11.9. The maximum absolute atomic E-state index is 9.77. The minimum Gasteiger partial charge on any atom is -0.456 e. The summed E-state index contributed by atoms with van der Waals surface area (Å²) in [5.74, 6) is -0.0317. The van der Waals surface area contributed by atoms with Crippen LogP contribution < -0.4 is 0 Å². The molecule has 0 atom stereocenters. The van der Waals surface area contributed by atoms with Crippen molar-refractivity contribution in [3.8, 4) is 45.3 Å². The maximum Gasteiger partial charge on any atom is 0.167 e. The van der Waals surface area contributed by atoms with Crippen LogP contribution in [0.25, 0.3) is 111 Å². The molecule has 0 aliphatic carbocycles. The SMILES string of the molecule is [2H]c1c([2H])c(-c2nc(-c3cccc4c3oc3ccccc34)nc(-c3cccc4oc5ccccc5c34)n2)c([2H])c(-c2c([2H])c([2H])c([2H])c3oc4c([2H])c([2H])c([2H])c([2H])c4c23)c1[2H]. The van der Waals surface area contributed by atoms with Crippen molar-refractivity contribution in [1.29, 1.82) is 0 Å². The van der Waals surface area contributed by atoms with Crippen LogP contribution in [-0.2, 0) is 0 Å². The Kier molecular flexibility index (Phi) is 4.04. The first-order valence-electron chi connectivity index (χ1n) is 21.5. The highest BCUT2D eigenvalue weighted by atomic mass is 16.3. The highest BCUT2D eigenvalue weighted by Gasteiger charge is 2.21. The number of rotatable bonds is 4. The summed E-state index contributed by atoms with van der Waals surface area (Å²) in [6, 6.07) is 19.1. The summed E-state index contributed by atoms with van der Waals surface area (Å²) in [7, 11) is 0. The first kappa shape index (κ1) is 19.2. The van der Waals surface area contributed by atoms with E-state index < -0.39 is 72.0 Å². The van der Waals surface area contributed by atoms with Crippen molar-refractivity contribution in [3.63, 3.8) is 0 Å². The lowest BCUT2D eigenvalue weighted by Gasteiger charge is -2.11. The largest absolute Gasteiger partial charge is 0.456 e. The third-order valence-electron chi connectivity index (χ3n) is 8.97. The molecule has 238 valence electrons. The summed E-state index contributed by atoms with van der Waals surface area (Å²) in [5.41, 5.74) is 1.40. The van der Waals surface area contributed by atoms with Gasteiger partial charge in [0.25, 0.3) is 0 Å². The van der Waals surface area contributed by atoms with E-state index in [1.165, 1.54) is 0 Å². The lowest BCUT2D eigenvalue weighted by atomic mass is 9.98. The van der Waals surface area contributed by atoms with E-state index in [1.54, 1.807) is 18.2 Å². The fourth-order valence-electron chi connectivity index (χ4n) is 6.74. The van der Waals surface area contributed by atoms with E-state index in [0.29, 0.717) is 38.8 Å². The van der Waals surface area contributed by atoms with Crippen LogP contribution in [-0.4, -0.2) is 15.0 Å². The van der Waals surface area contributed by atoms with Crippen LogP contribution in [0.15, 0.2) is 165 Å². The highest BCUT2D eigenvalue weighted by Crippen LogP contribution is 2.40. The van der Waals surface area contributed by atoms with E-state index in [4.69, 9.17) is 39.2 Å².